The van der Waals surface area contributed by atoms with Gasteiger partial charge in [0.05, 0.1) is 0 Å². The zero-order chi connectivity index (χ0) is 21.4. The summed E-state index contributed by atoms with van der Waals surface area (Å²) in [4.78, 5) is 13.0. The van der Waals surface area contributed by atoms with E-state index in [1.54, 1.807) is 0 Å². The Morgan fingerprint density at radius 2 is 1.07 bits per heavy atom. The summed E-state index contributed by atoms with van der Waals surface area (Å²) in [5.41, 5.74) is 3.45. The molecule has 0 aliphatic heterocycles. The van der Waals surface area contributed by atoms with Crippen molar-refractivity contribution >= 4 is 42.4 Å². The molecule has 0 aliphatic rings. The Hall–Kier alpha value is -1.59. The van der Waals surface area contributed by atoms with E-state index in [0.717, 1.165) is 59.9 Å². The number of carbonyl (C=O) groups excluding carboxylic acids is 1. The van der Waals surface area contributed by atoms with Crippen molar-refractivity contribution in [1.82, 2.24) is 0 Å². The van der Waals surface area contributed by atoms with Crippen LogP contribution in [-0.4, -0.2) is 30.4 Å². The summed E-state index contributed by atoms with van der Waals surface area (Å²) in [7, 11) is 0. The average Bonchev–Trinajstić information content (AvgIpc) is 2.78. The maximum atomic E-state index is 13.0. The molecule has 0 heterocycles. The summed E-state index contributed by atoms with van der Waals surface area (Å²) in [6, 6.07) is 15.6. The Labute approximate surface area is 193 Å². The first-order valence-corrected chi connectivity index (χ1v) is 12.5. The molecule has 5 heteroatoms. The molecule has 3 nitrogen and oxygen atoms in total. The van der Waals surface area contributed by atoms with E-state index < -0.39 is 0 Å². The maximum Gasteiger partial charge on any atom is 0.193 e. The van der Waals surface area contributed by atoms with Crippen molar-refractivity contribution in [1.29, 1.82) is 0 Å². The minimum Gasteiger partial charge on any atom is -0.385 e. The number of thiol groups is 2. The van der Waals surface area contributed by atoms with Gasteiger partial charge in [0, 0.05) is 35.6 Å². The monoisotopic (exact) mass is 444 g/mol. The summed E-state index contributed by atoms with van der Waals surface area (Å²) in [5.74, 6) is 1.99. The quantitative estimate of drug-likeness (QED) is 0.132. The topological polar surface area (TPSA) is 41.1 Å². The number of hydrogen-bond acceptors (Lipinski definition) is 5. The summed E-state index contributed by atoms with van der Waals surface area (Å²) in [6.45, 7) is 1.86. The molecule has 0 aliphatic carbocycles. The Morgan fingerprint density at radius 3 is 1.50 bits per heavy atom. The number of anilines is 2. The van der Waals surface area contributed by atoms with Gasteiger partial charge >= 0.3 is 0 Å². The van der Waals surface area contributed by atoms with Gasteiger partial charge in [-0.15, -0.1) is 0 Å². The van der Waals surface area contributed by atoms with Crippen LogP contribution in [0.2, 0.25) is 0 Å². The number of benzene rings is 2. The first kappa shape index (κ1) is 24.7. The van der Waals surface area contributed by atoms with Crippen molar-refractivity contribution in [2.75, 3.05) is 35.2 Å². The van der Waals surface area contributed by atoms with E-state index in [0.29, 0.717) is 0 Å². The van der Waals surface area contributed by atoms with Gasteiger partial charge in [0.25, 0.3) is 0 Å². The van der Waals surface area contributed by atoms with Gasteiger partial charge in [-0.1, -0.05) is 49.9 Å². The van der Waals surface area contributed by atoms with E-state index in [4.69, 9.17) is 0 Å². The third-order valence-corrected chi connectivity index (χ3v) is 5.71. The lowest BCUT2D eigenvalue weighted by atomic mass is 10.0. The zero-order valence-corrected chi connectivity index (χ0v) is 19.7. The zero-order valence-electron chi connectivity index (χ0n) is 17.9. The molecule has 0 unspecified atom stereocenters. The van der Waals surface area contributed by atoms with Crippen molar-refractivity contribution in [3.63, 3.8) is 0 Å². The van der Waals surface area contributed by atoms with Crippen molar-refractivity contribution in [3.8, 4) is 0 Å². The van der Waals surface area contributed by atoms with Crippen LogP contribution in [0.4, 0.5) is 11.4 Å². The fraction of sp³-hybridized carbons (Fsp3) is 0.480. The molecule has 0 fully saturated rings. The molecule has 30 heavy (non-hydrogen) atoms. The highest BCUT2D eigenvalue weighted by Gasteiger charge is 2.10. The summed E-state index contributed by atoms with van der Waals surface area (Å²) < 4.78 is 0. The normalized spacial score (nSPS) is 10.7. The van der Waals surface area contributed by atoms with Crippen LogP contribution in [0.15, 0.2) is 48.5 Å². The van der Waals surface area contributed by atoms with Crippen LogP contribution in [0.3, 0.4) is 0 Å². The second-order valence-electron chi connectivity index (χ2n) is 7.62. The van der Waals surface area contributed by atoms with Crippen LogP contribution < -0.4 is 10.6 Å². The highest BCUT2D eigenvalue weighted by molar-refractivity contribution is 7.80. The third-order valence-electron chi connectivity index (χ3n) is 5.08. The van der Waals surface area contributed by atoms with Crippen LogP contribution in [0, 0.1) is 0 Å². The Bertz CT molecular complexity index is 690. The van der Waals surface area contributed by atoms with E-state index in [2.05, 4.69) is 35.9 Å². The number of carbonyl (C=O) groups is 1. The van der Waals surface area contributed by atoms with Gasteiger partial charge in [-0.2, -0.15) is 25.3 Å². The molecule has 0 radical (unpaired) electrons. The first-order valence-electron chi connectivity index (χ1n) is 11.2. The van der Waals surface area contributed by atoms with Gasteiger partial charge in [0.1, 0.15) is 0 Å². The van der Waals surface area contributed by atoms with Crippen molar-refractivity contribution in [2.45, 2.75) is 51.4 Å². The van der Waals surface area contributed by atoms with Crippen LogP contribution in [0.5, 0.6) is 0 Å². The first-order chi connectivity index (χ1) is 14.7. The second-order valence-corrected chi connectivity index (χ2v) is 8.51. The minimum absolute atomic E-state index is 0.0601. The van der Waals surface area contributed by atoms with E-state index in [-0.39, 0.29) is 5.78 Å². The molecule has 0 aromatic heterocycles. The molecule has 0 amide bonds. The Balaban J connectivity index is 1.85. The Kier molecular flexibility index (Phi) is 12.5. The van der Waals surface area contributed by atoms with Crippen molar-refractivity contribution in [3.05, 3.63) is 59.7 Å². The lowest BCUT2D eigenvalue weighted by Gasteiger charge is -2.10. The third kappa shape index (κ3) is 9.48. The van der Waals surface area contributed by atoms with Crippen LogP contribution in [0.1, 0.15) is 67.3 Å². The lowest BCUT2D eigenvalue weighted by Crippen LogP contribution is -2.06. The standard InChI is InChI=1S/C25H36N2OS2/c28-25(21-11-9-13-23(19-21)26-15-5-1-3-7-17-29)22-12-10-14-24(20-22)27-16-6-2-4-8-18-30/h9-14,19-20,26-27,29-30H,1-8,15-18H2. The van der Waals surface area contributed by atoms with Crippen LogP contribution >= 0.6 is 25.3 Å². The van der Waals surface area contributed by atoms with Crippen molar-refractivity contribution < 1.29 is 4.79 Å². The molecular weight excluding hydrogens is 408 g/mol. The smallest absolute Gasteiger partial charge is 0.193 e. The number of hydrogen-bond donors (Lipinski definition) is 4. The second kappa shape index (κ2) is 15.2. The number of nitrogens with one attached hydrogen (secondary N) is 2. The minimum atomic E-state index is 0.0601. The maximum absolute atomic E-state index is 13.0. The molecular formula is C25H36N2OS2. The molecule has 0 bridgehead atoms. The van der Waals surface area contributed by atoms with Crippen LogP contribution in [-0.2, 0) is 0 Å². The molecule has 0 spiro atoms. The van der Waals surface area contributed by atoms with Gasteiger partial charge in [-0.3, -0.25) is 4.79 Å². The SMILES string of the molecule is O=C(c1cccc(NCCCCCCS)c1)c1cccc(NCCCCCCS)c1. The van der Waals surface area contributed by atoms with Gasteiger partial charge in [0.15, 0.2) is 5.78 Å². The number of rotatable bonds is 16. The highest BCUT2D eigenvalue weighted by atomic mass is 32.1. The fourth-order valence-corrected chi connectivity index (χ4v) is 3.80. The van der Waals surface area contributed by atoms with Gasteiger partial charge in [-0.05, 0) is 61.5 Å². The predicted molar refractivity (Wildman–Crippen MR) is 138 cm³/mol. The predicted octanol–water partition coefficient (Wildman–Crippen LogP) is 6.72. The summed E-state index contributed by atoms with van der Waals surface area (Å²) >= 11 is 8.50. The average molecular weight is 445 g/mol. The van der Waals surface area contributed by atoms with Gasteiger partial charge in [-0.25, -0.2) is 0 Å². The molecule has 0 saturated carbocycles. The van der Waals surface area contributed by atoms with E-state index >= 15 is 0 Å². The Morgan fingerprint density at radius 1 is 0.633 bits per heavy atom. The molecule has 2 N–H and O–H groups in total. The van der Waals surface area contributed by atoms with Crippen molar-refractivity contribution in [2.24, 2.45) is 0 Å². The van der Waals surface area contributed by atoms with E-state index in [1.165, 1.54) is 38.5 Å². The molecule has 0 saturated heterocycles. The molecule has 164 valence electrons. The van der Waals surface area contributed by atoms with Gasteiger partial charge < -0.3 is 10.6 Å². The summed E-state index contributed by atoms with van der Waals surface area (Å²) in [6.07, 6.45) is 9.49. The van der Waals surface area contributed by atoms with Gasteiger partial charge in [0.2, 0.25) is 0 Å². The number of ketones is 1. The molecule has 0 atom stereocenters. The molecule has 2 aromatic rings. The van der Waals surface area contributed by atoms with E-state index in [1.807, 2.05) is 48.5 Å². The van der Waals surface area contributed by atoms with Crippen LogP contribution in [0.25, 0.3) is 0 Å². The number of unbranched alkanes of at least 4 members (excludes halogenated alkanes) is 6. The van der Waals surface area contributed by atoms with E-state index in [9.17, 15) is 4.79 Å². The molecule has 2 aromatic carbocycles. The largest absolute Gasteiger partial charge is 0.385 e. The highest BCUT2D eigenvalue weighted by Crippen LogP contribution is 2.18. The fourth-order valence-electron chi connectivity index (χ4n) is 3.35. The summed E-state index contributed by atoms with van der Waals surface area (Å²) in [5, 5.41) is 6.88. The lowest BCUT2D eigenvalue weighted by molar-refractivity contribution is 0.103. The molecule has 2 rings (SSSR count).